The van der Waals surface area contributed by atoms with E-state index in [2.05, 4.69) is 29.4 Å². The van der Waals surface area contributed by atoms with Crippen molar-refractivity contribution in [3.8, 4) is 5.75 Å². The Morgan fingerprint density at radius 1 is 1.47 bits per heavy atom. The Bertz CT molecular complexity index is 403. The van der Waals surface area contributed by atoms with Gasteiger partial charge in [-0.25, -0.2) is 0 Å². The van der Waals surface area contributed by atoms with E-state index < -0.39 is 0 Å². The third kappa shape index (κ3) is 1.12. The van der Waals surface area contributed by atoms with Crippen LogP contribution in [-0.4, -0.2) is 27.2 Å². The molecule has 0 spiro atoms. The Morgan fingerprint density at radius 2 is 2.33 bits per heavy atom. The van der Waals surface area contributed by atoms with Crippen LogP contribution in [0.4, 0.5) is 11.4 Å². The van der Waals surface area contributed by atoms with Crippen LogP contribution < -0.4 is 15.0 Å². The topological polar surface area (TPSA) is 24.5 Å². The molecule has 0 fully saturated rings. The lowest BCUT2D eigenvalue weighted by Gasteiger charge is -2.23. The molecule has 15 heavy (non-hydrogen) atoms. The zero-order chi connectivity index (χ0) is 10.4. The molecule has 2 aliphatic rings. The Morgan fingerprint density at radius 3 is 3.13 bits per heavy atom. The largest absolute Gasteiger partial charge is 0.495 e. The highest BCUT2D eigenvalue weighted by Crippen LogP contribution is 2.48. The summed E-state index contributed by atoms with van der Waals surface area (Å²) in [5.41, 5.74) is 4.04. The quantitative estimate of drug-likeness (QED) is 0.757. The van der Waals surface area contributed by atoms with Gasteiger partial charge in [0.15, 0.2) is 0 Å². The second kappa shape index (κ2) is 3.05. The smallest absolute Gasteiger partial charge is 0.142 e. The lowest BCUT2D eigenvalue weighted by molar-refractivity contribution is 0.415. The van der Waals surface area contributed by atoms with E-state index >= 15 is 0 Å². The van der Waals surface area contributed by atoms with Gasteiger partial charge in [-0.2, -0.15) is 0 Å². The fourth-order valence-electron chi connectivity index (χ4n) is 2.81. The molecule has 2 aliphatic heterocycles. The number of nitrogens with one attached hydrogen (secondary N) is 1. The van der Waals surface area contributed by atoms with Gasteiger partial charge in [-0.1, -0.05) is 0 Å². The molecule has 3 nitrogen and oxygen atoms in total. The van der Waals surface area contributed by atoms with Crippen LogP contribution in [0, 0.1) is 0 Å². The van der Waals surface area contributed by atoms with Crippen molar-refractivity contribution >= 4 is 11.4 Å². The number of ether oxygens (including phenoxy) is 1. The minimum atomic E-state index is 0.691. The van der Waals surface area contributed by atoms with E-state index in [1.54, 1.807) is 7.11 Å². The van der Waals surface area contributed by atoms with Crippen LogP contribution >= 0.6 is 0 Å². The van der Waals surface area contributed by atoms with Crippen LogP contribution in [0.3, 0.4) is 0 Å². The van der Waals surface area contributed by atoms with Crippen molar-refractivity contribution in [1.29, 1.82) is 0 Å². The standard InChI is InChI=1S/C12H16N2O/c1-14-7-8-5-6-13-12-10(15-2)4-3-9(14)11(8)12/h3-4,8,13H,5-7H2,1-2H3. The zero-order valence-corrected chi connectivity index (χ0v) is 9.21. The minimum Gasteiger partial charge on any atom is -0.495 e. The molecule has 0 amide bonds. The lowest BCUT2D eigenvalue weighted by Crippen LogP contribution is -2.19. The van der Waals surface area contributed by atoms with Crippen LogP contribution in [0.15, 0.2) is 12.1 Å². The van der Waals surface area contributed by atoms with Gasteiger partial charge >= 0.3 is 0 Å². The number of rotatable bonds is 1. The Labute approximate surface area is 90.0 Å². The van der Waals surface area contributed by atoms with Gasteiger partial charge in [0, 0.05) is 37.3 Å². The van der Waals surface area contributed by atoms with Gasteiger partial charge in [-0.3, -0.25) is 0 Å². The summed E-state index contributed by atoms with van der Waals surface area (Å²) in [7, 11) is 3.91. The molecule has 2 heterocycles. The van der Waals surface area contributed by atoms with E-state index in [0.717, 1.165) is 18.8 Å². The summed E-state index contributed by atoms with van der Waals surface area (Å²) in [4.78, 5) is 2.34. The molecule has 0 saturated carbocycles. The zero-order valence-electron chi connectivity index (χ0n) is 9.21. The molecule has 0 aliphatic carbocycles. The number of methoxy groups -OCH3 is 1. The molecule has 1 atom stereocenters. The summed E-state index contributed by atoms with van der Waals surface area (Å²) in [5.74, 6) is 1.67. The molecular weight excluding hydrogens is 188 g/mol. The normalized spacial score (nSPS) is 22.3. The van der Waals surface area contributed by atoms with Crippen molar-refractivity contribution in [2.75, 3.05) is 37.5 Å². The molecule has 1 aromatic rings. The number of hydrogen-bond acceptors (Lipinski definition) is 3. The Balaban J connectivity index is 2.21. The molecular formula is C12H16N2O. The SMILES string of the molecule is COc1ccc2c3c1NCCC3CN2C. The van der Waals surface area contributed by atoms with E-state index in [0.29, 0.717) is 5.92 Å². The summed E-state index contributed by atoms with van der Waals surface area (Å²) in [6, 6.07) is 4.23. The molecule has 1 aromatic carbocycles. The van der Waals surface area contributed by atoms with E-state index in [1.807, 2.05) is 0 Å². The fourth-order valence-corrected chi connectivity index (χ4v) is 2.81. The van der Waals surface area contributed by atoms with E-state index in [9.17, 15) is 0 Å². The third-order valence-electron chi connectivity index (χ3n) is 3.51. The molecule has 1 N–H and O–H groups in total. The average molecular weight is 204 g/mol. The van der Waals surface area contributed by atoms with Crippen molar-refractivity contribution in [2.24, 2.45) is 0 Å². The molecule has 3 heteroatoms. The van der Waals surface area contributed by atoms with Crippen LogP contribution in [-0.2, 0) is 0 Å². The van der Waals surface area contributed by atoms with Crippen molar-refractivity contribution < 1.29 is 4.74 Å². The molecule has 0 saturated heterocycles. The van der Waals surface area contributed by atoms with Crippen LogP contribution in [0.1, 0.15) is 17.9 Å². The second-order valence-electron chi connectivity index (χ2n) is 4.37. The van der Waals surface area contributed by atoms with Gasteiger partial charge in [-0.05, 0) is 18.6 Å². The van der Waals surface area contributed by atoms with Gasteiger partial charge in [-0.15, -0.1) is 0 Å². The van der Waals surface area contributed by atoms with Crippen molar-refractivity contribution in [3.63, 3.8) is 0 Å². The maximum Gasteiger partial charge on any atom is 0.142 e. The van der Waals surface area contributed by atoms with Gasteiger partial charge in [0.2, 0.25) is 0 Å². The number of likely N-dealkylation sites (N-methyl/N-ethyl adjacent to an activating group) is 1. The highest BCUT2D eigenvalue weighted by atomic mass is 16.5. The lowest BCUT2D eigenvalue weighted by atomic mass is 9.92. The van der Waals surface area contributed by atoms with Crippen molar-refractivity contribution in [2.45, 2.75) is 12.3 Å². The highest BCUT2D eigenvalue weighted by molar-refractivity contribution is 5.77. The average Bonchev–Trinajstić information content (AvgIpc) is 2.58. The fraction of sp³-hybridized carbons (Fsp3) is 0.500. The summed E-state index contributed by atoms with van der Waals surface area (Å²) in [6.07, 6.45) is 1.23. The summed E-state index contributed by atoms with van der Waals surface area (Å²) >= 11 is 0. The number of nitrogens with zero attached hydrogens (tertiary/aromatic N) is 1. The van der Waals surface area contributed by atoms with E-state index in [4.69, 9.17) is 4.74 Å². The Hall–Kier alpha value is -1.38. The highest BCUT2D eigenvalue weighted by Gasteiger charge is 2.32. The predicted molar refractivity (Wildman–Crippen MR) is 62.1 cm³/mol. The van der Waals surface area contributed by atoms with E-state index in [1.165, 1.54) is 23.4 Å². The van der Waals surface area contributed by atoms with Crippen molar-refractivity contribution in [3.05, 3.63) is 17.7 Å². The van der Waals surface area contributed by atoms with Crippen LogP contribution in [0.25, 0.3) is 0 Å². The molecule has 1 unspecified atom stereocenters. The van der Waals surface area contributed by atoms with Gasteiger partial charge in [0.05, 0.1) is 12.8 Å². The molecule has 0 bridgehead atoms. The molecule has 0 aromatic heterocycles. The van der Waals surface area contributed by atoms with Crippen LogP contribution in [0.5, 0.6) is 5.75 Å². The first-order valence-corrected chi connectivity index (χ1v) is 5.47. The first kappa shape index (κ1) is 8.89. The van der Waals surface area contributed by atoms with Crippen LogP contribution in [0.2, 0.25) is 0 Å². The van der Waals surface area contributed by atoms with E-state index in [-0.39, 0.29) is 0 Å². The summed E-state index contributed by atoms with van der Waals surface area (Å²) in [5, 5.41) is 3.46. The first-order chi connectivity index (χ1) is 7.31. The summed E-state index contributed by atoms with van der Waals surface area (Å²) < 4.78 is 5.40. The first-order valence-electron chi connectivity index (χ1n) is 5.47. The minimum absolute atomic E-state index is 0.691. The molecule has 80 valence electrons. The summed E-state index contributed by atoms with van der Waals surface area (Å²) in [6.45, 7) is 2.21. The Kier molecular flexibility index (Phi) is 1.81. The second-order valence-corrected chi connectivity index (χ2v) is 4.37. The molecule has 0 radical (unpaired) electrons. The maximum absolute atomic E-state index is 5.40. The number of hydrogen-bond donors (Lipinski definition) is 1. The van der Waals surface area contributed by atoms with Crippen molar-refractivity contribution in [1.82, 2.24) is 0 Å². The van der Waals surface area contributed by atoms with Gasteiger partial charge < -0.3 is 15.0 Å². The third-order valence-corrected chi connectivity index (χ3v) is 3.51. The maximum atomic E-state index is 5.40. The predicted octanol–water partition coefficient (Wildman–Crippen LogP) is 2.04. The monoisotopic (exact) mass is 204 g/mol. The number of benzene rings is 1. The number of anilines is 2. The molecule has 3 rings (SSSR count). The van der Waals surface area contributed by atoms with Gasteiger partial charge in [0.25, 0.3) is 0 Å². The van der Waals surface area contributed by atoms with Gasteiger partial charge in [0.1, 0.15) is 5.75 Å².